The number of nitrogens with zero attached hydrogens (tertiary/aromatic N) is 4. The van der Waals surface area contributed by atoms with Gasteiger partial charge < -0.3 is 10.1 Å². The van der Waals surface area contributed by atoms with Crippen molar-refractivity contribution in [2.75, 3.05) is 30.0 Å². The SMILES string of the molecule is Cc1nc(C)c(Cl)c(NCc2nccc(SCCOCCSCc3ccncc3)c2C)n1. The largest absolute Gasteiger partial charge is 0.380 e. The molecule has 0 aliphatic carbocycles. The van der Waals surface area contributed by atoms with Gasteiger partial charge in [-0.1, -0.05) is 11.6 Å². The van der Waals surface area contributed by atoms with Crippen LogP contribution in [0.25, 0.3) is 0 Å². The second-order valence-electron chi connectivity index (χ2n) is 7.12. The summed E-state index contributed by atoms with van der Waals surface area (Å²) in [6.45, 7) is 7.88. The highest BCUT2D eigenvalue weighted by molar-refractivity contribution is 7.99. The van der Waals surface area contributed by atoms with E-state index >= 15 is 0 Å². The topological polar surface area (TPSA) is 72.8 Å². The van der Waals surface area contributed by atoms with Crippen molar-refractivity contribution in [3.8, 4) is 0 Å². The van der Waals surface area contributed by atoms with E-state index in [1.807, 2.05) is 44.2 Å². The maximum Gasteiger partial charge on any atom is 0.149 e. The van der Waals surface area contributed by atoms with Crippen LogP contribution in [0.3, 0.4) is 0 Å². The van der Waals surface area contributed by atoms with Gasteiger partial charge in [-0.05, 0) is 50.1 Å². The zero-order valence-electron chi connectivity index (χ0n) is 18.6. The Morgan fingerprint density at radius 2 is 1.78 bits per heavy atom. The molecule has 1 N–H and O–H groups in total. The quantitative estimate of drug-likeness (QED) is 0.264. The Balaban J connectivity index is 1.39. The average Bonchev–Trinajstić information content (AvgIpc) is 2.79. The monoisotopic (exact) mass is 489 g/mol. The van der Waals surface area contributed by atoms with Gasteiger partial charge in [0.25, 0.3) is 0 Å². The van der Waals surface area contributed by atoms with E-state index in [1.54, 1.807) is 11.8 Å². The van der Waals surface area contributed by atoms with Crippen LogP contribution < -0.4 is 5.32 Å². The van der Waals surface area contributed by atoms with Gasteiger partial charge in [0.1, 0.15) is 16.7 Å². The van der Waals surface area contributed by atoms with Crippen molar-refractivity contribution in [2.45, 2.75) is 38.0 Å². The van der Waals surface area contributed by atoms with Gasteiger partial charge in [-0.2, -0.15) is 11.8 Å². The van der Waals surface area contributed by atoms with E-state index in [4.69, 9.17) is 16.3 Å². The van der Waals surface area contributed by atoms with Gasteiger partial charge in [0, 0.05) is 40.7 Å². The molecule has 6 nitrogen and oxygen atoms in total. The van der Waals surface area contributed by atoms with Crippen molar-refractivity contribution >= 4 is 40.9 Å². The van der Waals surface area contributed by atoms with Crippen LogP contribution in [0.2, 0.25) is 5.02 Å². The van der Waals surface area contributed by atoms with Crippen LogP contribution >= 0.6 is 35.1 Å². The van der Waals surface area contributed by atoms with Gasteiger partial charge >= 0.3 is 0 Å². The fourth-order valence-electron chi connectivity index (χ4n) is 2.98. The van der Waals surface area contributed by atoms with Crippen LogP contribution in [-0.4, -0.2) is 44.7 Å². The lowest BCUT2D eigenvalue weighted by Crippen LogP contribution is -2.08. The summed E-state index contributed by atoms with van der Waals surface area (Å²) in [5.74, 6) is 4.22. The standard InChI is InChI=1S/C23H28ClN5OS2/c1-16-20(14-27-23-22(24)17(2)28-18(3)29-23)26-9-6-21(16)32-13-11-30-10-12-31-15-19-4-7-25-8-5-19/h4-9H,10-15H2,1-3H3,(H,27,28,29). The molecule has 170 valence electrons. The Kier molecular flexibility index (Phi) is 10.1. The molecule has 0 bridgehead atoms. The van der Waals surface area contributed by atoms with Crippen molar-refractivity contribution in [1.82, 2.24) is 19.9 Å². The Labute approximate surface area is 203 Å². The molecule has 0 unspecified atom stereocenters. The zero-order valence-corrected chi connectivity index (χ0v) is 21.0. The van der Waals surface area contributed by atoms with E-state index in [1.165, 1.54) is 10.5 Å². The van der Waals surface area contributed by atoms with Crippen LogP contribution in [-0.2, 0) is 17.0 Å². The minimum absolute atomic E-state index is 0.551. The predicted octanol–water partition coefficient (Wildman–Crippen LogP) is 5.50. The number of thioether (sulfide) groups is 2. The van der Waals surface area contributed by atoms with Crippen LogP contribution in [0.1, 0.15) is 28.3 Å². The van der Waals surface area contributed by atoms with Gasteiger partial charge in [-0.15, -0.1) is 11.8 Å². The molecule has 9 heteroatoms. The number of aryl methyl sites for hydroxylation is 2. The molecule has 3 heterocycles. The minimum atomic E-state index is 0.551. The number of halogens is 1. The summed E-state index contributed by atoms with van der Waals surface area (Å²) < 4.78 is 5.79. The highest BCUT2D eigenvalue weighted by atomic mass is 35.5. The van der Waals surface area contributed by atoms with Crippen LogP contribution in [0.5, 0.6) is 0 Å². The molecular weight excluding hydrogens is 462 g/mol. The summed E-state index contributed by atoms with van der Waals surface area (Å²) in [4.78, 5) is 18.5. The van der Waals surface area contributed by atoms with E-state index in [0.717, 1.165) is 47.4 Å². The fraction of sp³-hybridized carbons (Fsp3) is 0.391. The van der Waals surface area contributed by atoms with Crippen LogP contribution in [0.15, 0.2) is 41.7 Å². The molecule has 32 heavy (non-hydrogen) atoms. The van der Waals surface area contributed by atoms with Crippen molar-refractivity contribution in [3.05, 3.63) is 70.2 Å². The molecule has 0 aliphatic heterocycles. The van der Waals surface area contributed by atoms with Crippen molar-refractivity contribution in [3.63, 3.8) is 0 Å². The maximum atomic E-state index is 6.33. The number of hydrogen-bond donors (Lipinski definition) is 1. The summed E-state index contributed by atoms with van der Waals surface area (Å²) in [7, 11) is 0. The Bertz CT molecular complexity index is 1010. The average molecular weight is 490 g/mol. The Hall–Kier alpha value is -1.87. The molecular formula is C23H28ClN5OS2. The molecule has 0 atom stereocenters. The number of anilines is 1. The van der Waals surface area contributed by atoms with Gasteiger partial charge in [-0.3, -0.25) is 9.97 Å². The fourth-order valence-corrected chi connectivity index (χ4v) is 4.85. The van der Waals surface area contributed by atoms with Gasteiger partial charge in [-0.25, -0.2) is 9.97 Å². The number of ether oxygens (including phenoxy) is 1. The van der Waals surface area contributed by atoms with Crippen molar-refractivity contribution < 1.29 is 4.74 Å². The summed E-state index contributed by atoms with van der Waals surface area (Å²) >= 11 is 10.0. The highest BCUT2D eigenvalue weighted by Gasteiger charge is 2.10. The van der Waals surface area contributed by atoms with Gasteiger partial charge in [0.05, 0.1) is 31.1 Å². The first-order chi connectivity index (χ1) is 15.5. The van der Waals surface area contributed by atoms with Crippen molar-refractivity contribution in [1.29, 1.82) is 0 Å². The van der Waals surface area contributed by atoms with Gasteiger partial charge in [0.2, 0.25) is 0 Å². The highest BCUT2D eigenvalue weighted by Crippen LogP contribution is 2.26. The number of hydrogen-bond acceptors (Lipinski definition) is 8. The van der Waals surface area contributed by atoms with E-state index in [2.05, 4.69) is 50.4 Å². The summed E-state index contributed by atoms with van der Waals surface area (Å²) in [5, 5.41) is 3.85. The lowest BCUT2D eigenvalue weighted by Gasteiger charge is -2.13. The first-order valence-corrected chi connectivity index (χ1v) is 12.9. The van der Waals surface area contributed by atoms with Crippen LogP contribution in [0.4, 0.5) is 5.82 Å². The number of nitrogens with one attached hydrogen (secondary N) is 1. The smallest absolute Gasteiger partial charge is 0.149 e. The Morgan fingerprint density at radius 3 is 2.59 bits per heavy atom. The van der Waals surface area contributed by atoms with Gasteiger partial charge in [0.15, 0.2) is 0 Å². The number of aromatic nitrogens is 4. The normalized spacial score (nSPS) is 11.0. The molecule has 0 aliphatic rings. The number of rotatable bonds is 12. The summed E-state index contributed by atoms with van der Waals surface area (Å²) in [6, 6.07) is 6.16. The molecule has 0 fully saturated rings. The minimum Gasteiger partial charge on any atom is -0.380 e. The molecule has 3 rings (SSSR count). The third-order valence-electron chi connectivity index (χ3n) is 4.69. The predicted molar refractivity (Wildman–Crippen MR) is 135 cm³/mol. The van der Waals surface area contributed by atoms with Crippen LogP contribution in [0, 0.1) is 20.8 Å². The van der Waals surface area contributed by atoms with E-state index < -0.39 is 0 Å². The molecule has 0 aromatic carbocycles. The molecule has 0 radical (unpaired) electrons. The second kappa shape index (κ2) is 13.0. The zero-order chi connectivity index (χ0) is 22.8. The molecule has 3 aromatic heterocycles. The molecule has 0 saturated heterocycles. The molecule has 3 aromatic rings. The van der Waals surface area contributed by atoms with E-state index in [0.29, 0.717) is 23.2 Å². The third-order valence-corrected chi connectivity index (χ3v) is 7.26. The lowest BCUT2D eigenvalue weighted by atomic mass is 10.2. The summed E-state index contributed by atoms with van der Waals surface area (Å²) in [6.07, 6.45) is 5.51. The molecule has 0 spiro atoms. The first-order valence-electron chi connectivity index (χ1n) is 10.4. The van der Waals surface area contributed by atoms with E-state index in [9.17, 15) is 0 Å². The van der Waals surface area contributed by atoms with E-state index in [-0.39, 0.29) is 0 Å². The number of pyridine rings is 2. The van der Waals surface area contributed by atoms with Crippen molar-refractivity contribution in [2.24, 2.45) is 0 Å². The Morgan fingerprint density at radius 1 is 1.00 bits per heavy atom. The first kappa shape index (κ1) is 24.8. The molecule has 0 saturated carbocycles. The molecule has 0 amide bonds. The maximum absolute atomic E-state index is 6.33. The summed E-state index contributed by atoms with van der Waals surface area (Å²) in [5.41, 5.74) is 4.21. The third kappa shape index (κ3) is 7.62. The lowest BCUT2D eigenvalue weighted by molar-refractivity contribution is 0.167. The second-order valence-corrected chi connectivity index (χ2v) is 9.74.